The first-order chi connectivity index (χ1) is 4.38. The fraction of sp³-hybridized carbons (Fsp3) is 0.750. The van der Waals surface area contributed by atoms with E-state index in [1.807, 2.05) is 0 Å². The average molecular weight is 125 g/mol. The summed E-state index contributed by atoms with van der Waals surface area (Å²) >= 11 is 0. The van der Waals surface area contributed by atoms with E-state index in [1.165, 1.54) is 31.6 Å². The first-order valence-corrected chi connectivity index (χ1v) is 3.78. The van der Waals surface area contributed by atoms with Crippen LogP contribution in [0.25, 0.3) is 0 Å². The van der Waals surface area contributed by atoms with Crippen molar-refractivity contribution < 1.29 is 0 Å². The van der Waals surface area contributed by atoms with E-state index in [9.17, 15) is 0 Å². The summed E-state index contributed by atoms with van der Waals surface area (Å²) in [6, 6.07) is 0. The summed E-state index contributed by atoms with van der Waals surface area (Å²) in [5.41, 5.74) is 1.52. The Morgan fingerprint density at radius 3 is 2.33 bits per heavy atom. The van der Waals surface area contributed by atoms with E-state index in [0.717, 1.165) is 0 Å². The van der Waals surface area contributed by atoms with Crippen LogP contribution >= 0.6 is 0 Å². The van der Waals surface area contributed by atoms with Crippen molar-refractivity contribution in [1.82, 2.24) is 4.90 Å². The van der Waals surface area contributed by atoms with Gasteiger partial charge in [-0.05, 0) is 19.8 Å². The summed E-state index contributed by atoms with van der Waals surface area (Å²) in [4.78, 5) is 2.44. The molecular formula is C8H15N. The Kier molecular flexibility index (Phi) is 2.15. The highest BCUT2D eigenvalue weighted by Crippen LogP contribution is 2.16. The molecule has 1 nitrogen and oxygen atoms in total. The smallest absolute Gasteiger partial charge is 0.0191 e. The molecule has 1 rings (SSSR count). The Morgan fingerprint density at radius 2 is 2.22 bits per heavy atom. The van der Waals surface area contributed by atoms with E-state index in [-0.39, 0.29) is 0 Å². The SMILES string of the molecule is C/C=C(\CC)N1CCC1. The van der Waals surface area contributed by atoms with Crippen molar-refractivity contribution in [2.75, 3.05) is 13.1 Å². The summed E-state index contributed by atoms with van der Waals surface area (Å²) in [6.07, 6.45) is 4.80. The molecule has 1 saturated heterocycles. The standard InChI is InChI=1S/C8H15N/c1-3-8(4-2)9-6-5-7-9/h3H,4-7H2,1-2H3/b8-3+. The van der Waals surface area contributed by atoms with Gasteiger partial charge < -0.3 is 4.90 Å². The van der Waals surface area contributed by atoms with Gasteiger partial charge >= 0.3 is 0 Å². The van der Waals surface area contributed by atoms with E-state index in [4.69, 9.17) is 0 Å². The van der Waals surface area contributed by atoms with Crippen molar-refractivity contribution in [2.45, 2.75) is 26.7 Å². The molecule has 0 radical (unpaired) electrons. The summed E-state index contributed by atoms with van der Waals surface area (Å²) in [7, 11) is 0. The summed E-state index contributed by atoms with van der Waals surface area (Å²) in [6.45, 7) is 6.91. The largest absolute Gasteiger partial charge is 0.375 e. The van der Waals surface area contributed by atoms with Crippen molar-refractivity contribution in [3.63, 3.8) is 0 Å². The van der Waals surface area contributed by atoms with Crippen LogP contribution in [0, 0.1) is 0 Å². The molecule has 1 heteroatoms. The Bertz CT molecular complexity index is 112. The van der Waals surface area contributed by atoms with Crippen molar-refractivity contribution in [3.8, 4) is 0 Å². The Labute approximate surface area is 57.4 Å². The van der Waals surface area contributed by atoms with Crippen molar-refractivity contribution in [1.29, 1.82) is 0 Å². The van der Waals surface area contributed by atoms with Crippen LogP contribution in [-0.2, 0) is 0 Å². The van der Waals surface area contributed by atoms with E-state index in [2.05, 4.69) is 24.8 Å². The molecule has 0 bridgehead atoms. The molecule has 52 valence electrons. The van der Waals surface area contributed by atoms with Gasteiger partial charge in [0.2, 0.25) is 0 Å². The van der Waals surface area contributed by atoms with Gasteiger partial charge in [0.05, 0.1) is 0 Å². The predicted octanol–water partition coefficient (Wildman–Crippen LogP) is 2.01. The van der Waals surface area contributed by atoms with Gasteiger partial charge in [-0.1, -0.05) is 13.0 Å². The molecule has 0 aromatic heterocycles. The van der Waals surface area contributed by atoms with Crippen LogP contribution < -0.4 is 0 Å². The number of hydrogen-bond acceptors (Lipinski definition) is 1. The highest BCUT2D eigenvalue weighted by molar-refractivity contribution is 5.01. The van der Waals surface area contributed by atoms with Gasteiger partial charge in [-0.25, -0.2) is 0 Å². The van der Waals surface area contributed by atoms with Crippen molar-refractivity contribution in [3.05, 3.63) is 11.8 Å². The molecule has 9 heavy (non-hydrogen) atoms. The lowest BCUT2D eigenvalue weighted by atomic mass is 10.1. The van der Waals surface area contributed by atoms with Crippen LogP contribution in [0.4, 0.5) is 0 Å². The van der Waals surface area contributed by atoms with Crippen LogP contribution in [0.3, 0.4) is 0 Å². The molecule has 1 aliphatic rings. The highest BCUT2D eigenvalue weighted by atomic mass is 15.2. The molecule has 0 aromatic rings. The average Bonchev–Trinajstić information content (AvgIpc) is 1.78. The number of allylic oxidation sites excluding steroid dienone is 2. The summed E-state index contributed by atoms with van der Waals surface area (Å²) in [5.74, 6) is 0. The minimum Gasteiger partial charge on any atom is -0.375 e. The molecule has 0 unspecified atom stereocenters. The first-order valence-electron chi connectivity index (χ1n) is 3.78. The monoisotopic (exact) mass is 125 g/mol. The molecule has 0 spiro atoms. The van der Waals surface area contributed by atoms with E-state index in [1.54, 1.807) is 0 Å². The second kappa shape index (κ2) is 2.90. The van der Waals surface area contributed by atoms with E-state index in [0.29, 0.717) is 0 Å². The van der Waals surface area contributed by atoms with E-state index >= 15 is 0 Å². The van der Waals surface area contributed by atoms with Gasteiger partial charge in [0.25, 0.3) is 0 Å². The van der Waals surface area contributed by atoms with Crippen LogP contribution in [0.15, 0.2) is 11.8 Å². The fourth-order valence-electron chi connectivity index (χ4n) is 1.21. The zero-order chi connectivity index (χ0) is 6.69. The lowest BCUT2D eigenvalue weighted by Crippen LogP contribution is -2.35. The van der Waals surface area contributed by atoms with Crippen LogP contribution in [0.5, 0.6) is 0 Å². The lowest BCUT2D eigenvalue weighted by Gasteiger charge is -2.34. The quantitative estimate of drug-likeness (QED) is 0.545. The minimum absolute atomic E-state index is 1.19. The maximum absolute atomic E-state index is 2.44. The second-order valence-electron chi connectivity index (χ2n) is 2.47. The number of rotatable bonds is 2. The van der Waals surface area contributed by atoms with Gasteiger partial charge in [0, 0.05) is 18.8 Å². The van der Waals surface area contributed by atoms with Gasteiger partial charge in [-0.2, -0.15) is 0 Å². The van der Waals surface area contributed by atoms with E-state index < -0.39 is 0 Å². The zero-order valence-electron chi connectivity index (χ0n) is 6.35. The lowest BCUT2D eigenvalue weighted by molar-refractivity contribution is 0.232. The molecule has 1 fully saturated rings. The third-order valence-electron chi connectivity index (χ3n) is 1.96. The van der Waals surface area contributed by atoms with Crippen LogP contribution in [-0.4, -0.2) is 18.0 Å². The fourth-order valence-corrected chi connectivity index (χ4v) is 1.21. The third kappa shape index (κ3) is 1.26. The van der Waals surface area contributed by atoms with Gasteiger partial charge in [0.15, 0.2) is 0 Å². The van der Waals surface area contributed by atoms with Gasteiger partial charge in [-0.15, -0.1) is 0 Å². The normalized spacial score (nSPS) is 19.8. The van der Waals surface area contributed by atoms with Crippen molar-refractivity contribution >= 4 is 0 Å². The minimum atomic E-state index is 1.19. The molecule has 0 atom stereocenters. The maximum Gasteiger partial charge on any atom is 0.0191 e. The molecule has 1 aliphatic heterocycles. The maximum atomic E-state index is 2.44. The Morgan fingerprint density at radius 1 is 1.56 bits per heavy atom. The molecule has 0 aliphatic carbocycles. The topological polar surface area (TPSA) is 3.24 Å². The molecule has 0 aromatic carbocycles. The third-order valence-corrected chi connectivity index (χ3v) is 1.96. The van der Waals surface area contributed by atoms with Crippen LogP contribution in [0.2, 0.25) is 0 Å². The molecule has 1 heterocycles. The van der Waals surface area contributed by atoms with Gasteiger partial charge in [0.1, 0.15) is 0 Å². The second-order valence-corrected chi connectivity index (χ2v) is 2.47. The van der Waals surface area contributed by atoms with Gasteiger partial charge in [-0.3, -0.25) is 0 Å². The Hall–Kier alpha value is -0.460. The first kappa shape index (κ1) is 6.66. The molecule has 0 amide bonds. The van der Waals surface area contributed by atoms with Crippen LogP contribution in [0.1, 0.15) is 26.7 Å². The molecule has 0 N–H and O–H groups in total. The molecule has 0 saturated carbocycles. The summed E-state index contributed by atoms with van der Waals surface area (Å²) in [5, 5.41) is 0. The summed E-state index contributed by atoms with van der Waals surface area (Å²) < 4.78 is 0. The predicted molar refractivity (Wildman–Crippen MR) is 40.2 cm³/mol. The highest BCUT2D eigenvalue weighted by Gasteiger charge is 2.13. The Balaban J connectivity index is 2.37. The number of hydrogen-bond donors (Lipinski definition) is 0. The number of nitrogens with zero attached hydrogens (tertiary/aromatic N) is 1. The molecular weight excluding hydrogens is 110 g/mol. The van der Waals surface area contributed by atoms with Crippen molar-refractivity contribution in [2.24, 2.45) is 0 Å². The number of likely N-dealkylation sites (tertiary alicyclic amines) is 1. The zero-order valence-corrected chi connectivity index (χ0v) is 6.35.